The number of nitrogens with two attached hydrogens (primary N) is 1. The van der Waals surface area contributed by atoms with Gasteiger partial charge in [0.15, 0.2) is 0 Å². The molecular formula is C15H24N4OS. The van der Waals surface area contributed by atoms with E-state index in [2.05, 4.69) is 28.7 Å². The Kier molecular flexibility index (Phi) is 5.13. The van der Waals surface area contributed by atoms with Crippen LogP contribution < -0.4 is 5.73 Å². The quantitative estimate of drug-likeness (QED) is 0.889. The van der Waals surface area contributed by atoms with Gasteiger partial charge in [-0.1, -0.05) is 0 Å². The molecule has 0 aliphatic rings. The highest BCUT2D eigenvalue weighted by Gasteiger charge is 2.13. The molecule has 0 unspecified atom stereocenters. The molecule has 0 radical (unpaired) electrons. The summed E-state index contributed by atoms with van der Waals surface area (Å²) >= 11 is 1.68. The molecule has 2 N–H and O–H groups in total. The lowest BCUT2D eigenvalue weighted by Gasteiger charge is -2.17. The van der Waals surface area contributed by atoms with E-state index in [0.29, 0.717) is 19.0 Å². The third-order valence-corrected chi connectivity index (χ3v) is 4.54. The zero-order valence-corrected chi connectivity index (χ0v) is 14.3. The second kappa shape index (κ2) is 6.68. The van der Waals surface area contributed by atoms with Crippen LogP contribution in [0.25, 0.3) is 10.2 Å². The summed E-state index contributed by atoms with van der Waals surface area (Å²) in [6, 6.07) is 0. The normalized spacial score (nSPS) is 12.0. The van der Waals surface area contributed by atoms with Crippen LogP contribution in [0.1, 0.15) is 30.1 Å². The molecule has 6 heteroatoms. The summed E-state index contributed by atoms with van der Waals surface area (Å²) in [6.07, 6.45) is 0.263. The molecule has 0 amide bonds. The fourth-order valence-corrected chi connectivity index (χ4v) is 3.22. The van der Waals surface area contributed by atoms with Crippen molar-refractivity contribution in [1.29, 1.82) is 0 Å². The van der Waals surface area contributed by atoms with E-state index in [1.165, 1.54) is 10.4 Å². The van der Waals surface area contributed by atoms with Crippen molar-refractivity contribution < 1.29 is 4.74 Å². The van der Waals surface area contributed by atoms with Crippen LogP contribution in [0.15, 0.2) is 0 Å². The van der Waals surface area contributed by atoms with Gasteiger partial charge in [-0.25, -0.2) is 9.97 Å². The van der Waals surface area contributed by atoms with Gasteiger partial charge in [-0.2, -0.15) is 0 Å². The van der Waals surface area contributed by atoms with Crippen LogP contribution in [0.4, 0.5) is 5.82 Å². The number of aryl methyl sites for hydroxylation is 2. The van der Waals surface area contributed by atoms with E-state index in [-0.39, 0.29) is 6.10 Å². The number of rotatable bonds is 6. The Hall–Kier alpha value is -1.24. The van der Waals surface area contributed by atoms with E-state index in [1.54, 1.807) is 11.3 Å². The van der Waals surface area contributed by atoms with Gasteiger partial charge >= 0.3 is 0 Å². The van der Waals surface area contributed by atoms with Crippen LogP contribution in [0.2, 0.25) is 0 Å². The van der Waals surface area contributed by atoms with Gasteiger partial charge in [-0.3, -0.25) is 4.90 Å². The van der Waals surface area contributed by atoms with Gasteiger partial charge < -0.3 is 10.5 Å². The van der Waals surface area contributed by atoms with Crippen molar-refractivity contribution in [2.24, 2.45) is 0 Å². The second-order valence-electron chi connectivity index (χ2n) is 5.65. The fraction of sp³-hybridized carbons (Fsp3) is 0.600. The summed E-state index contributed by atoms with van der Waals surface area (Å²) in [5, 5.41) is 1.01. The van der Waals surface area contributed by atoms with Crippen LogP contribution in [0, 0.1) is 13.8 Å². The van der Waals surface area contributed by atoms with Crippen LogP contribution in [0.3, 0.4) is 0 Å². The number of fused-ring (bicyclic) bond motifs is 1. The van der Waals surface area contributed by atoms with Gasteiger partial charge in [0, 0.05) is 11.4 Å². The first-order valence-corrected chi connectivity index (χ1v) is 8.02. The first kappa shape index (κ1) is 16.1. The maximum absolute atomic E-state index is 6.10. The van der Waals surface area contributed by atoms with Crippen LogP contribution in [-0.2, 0) is 11.3 Å². The van der Waals surface area contributed by atoms with Gasteiger partial charge in [-0.05, 0) is 40.3 Å². The van der Waals surface area contributed by atoms with Crippen molar-refractivity contribution in [2.75, 3.05) is 25.9 Å². The molecule has 0 atom stereocenters. The summed E-state index contributed by atoms with van der Waals surface area (Å²) in [5.41, 5.74) is 7.29. The standard InChI is InChI=1S/C15H24N4OS/c1-9(2)20-7-6-19(5)8-12-17-14(16)13-10(3)11(4)21-15(13)18-12/h9H,6-8H2,1-5H3,(H2,16,17,18). The second-order valence-corrected chi connectivity index (χ2v) is 6.85. The fourth-order valence-electron chi connectivity index (χ4n) is 2.16. The summed E-state index contributed by atoms with van der Waals surface area (Å²) in [7, 11) is 2.04. The summed E-state index contributed by atoms with van der Waals surface area (Å²) in [4.78, 5) is 13.5. The molecule has 21 heavy (non-hydrogen) atoms. The van der Waals surface area contributed by atoms with E-state index in [1.807, 2.05) is 20.9 Å². The Labute approximate surface area is 130 Å². The molecule has 2 aromatic rings. The molecule has 0 aliphatic carbocycles. The highest BCUT2D eigenvalue weighted by Crippen LogP contribution is 2.31. The van der Waals surface area contributed by atoms with Crippen LogP contribution in [0.5, 0.6) is 0 Å². The van der Waals surface area contributed by atoms with E-state index in [4.69, 9.17) is 10.5 Å². The van der Waals surface area contributed by atoms with Crippen LogP contribution >= 0.6 is 11.3 Å². The Morgan fingerprint density at radius 1 is 1.29 bits per heavy atom. The molecule has 0 aromatic carbocycles. The molecule has 116 valence electrons. The Morgan fingerprint density at radius 3 is 2.67 bits per heavy atom. The Morgan fingerprint density at radius 2 is 2.00 bits per heavy atom. The Balaban J connectivity index is 2.09. The highest BCUT2D eigenvalue weighted by atomic mass is 32.1. The highest BCUT2D eigenvalue weighted by molar-refractivity contribution is 7.18. The van der Waals surface area contributed by atoms with Gasteiger partial charge in [0.25, 0.3) is 0 Å². The zero-order valence-electron chi connectivity index (χ0n) is 13.4. The lowest BCUT2D eigenvalue weighted by molar-refractivity contribution is 0.0623. The van der Waals surface area contributed by atoms with Crippen molar-refractivity contribution >= 4 is 27.4 Å². The third kappa shape index (κ3) is 3.90. The average molecular weight is 308 g/mol. The van der Waals surface area contributed by atoms with Crippen molar-refractivity contribution in [3.05, 3.63) is 16.3 Å². The lowest BCUT2D eigenvalue weighted by atomic mass is 10.2. The molecule has 0 saturated carbocycles. The van der Waals surface area contributed by atoms with Gasteiger partial charge in [0.05, 0.1) is 24.6 Å². The number of thiophene rings is 1. The number of nitrogen functional groups attached to an aromatic ring is 1. The lowest BCUT2D eigenvalue weighted by Crippen LogP contribution is -2.25. The minimum absolute atomic E-state index is 0.263. The van der Waals surface area contributed by atoms with E-state index >= 15 is 0 Å². The number of hydrogen-bond donors (Lipinski definition) is 1. The third-order valence-electron chi connectivity index (χ3n) is 3.44. The van der Waals surface area contributed by atoms with Crippen molar-refractivity contribution in [3.63, 3.8) is 0 Å². The molecule has 0 aliphatic heterocycles. The molecule has 0 fully saturated rings. The predicted octanol–water partition coefficient (Wildman–Crippen LogP) is 2.75. The largest absolute Gasteiger partial charge is 0.383 e. The number of ether oxygens (including phenoxy) is 1. The van der Waals surface area contributed by atoms with Crippen molar-refractivity contribution in [3.8, 4) is 0 Å². The average Bonchev–Trinajstić information content (AvgIpc) is 2.64. The molecule has 2 heterocycles. The predicted molar refractivity (Wildman–Crippen MR) is 88.7 cm³/mol. The van der Waals surface area contributed by atoms with Crippen LogP contribution in [-0.4, -0.2) is 41.2 Å². The number of hydrogen-bond acceptors (Lipinski definition) is 6. The SMILES string of the molecule is Cc1sc2nc(CN(C)CCOC(C)C)nc(N)c2c1C. The summed E-state index contributed by atoms with van der Waals surface area (Å²) in [6.45, 7) is 10.5. The molecular weight excluding hydrogens is 284 g/mol. The number of aromatic nitrogens is 2. The maximum Gasteiger partial charge on any atom is 0.146 e. The van der Waals surface area contributed by atoms with E-state index in [9.17, 15) is 0 Å². The number of likely N-dealkylation sites (N-methyl/N-ethyl adjacent to an activating group) is 1. The molecule has 0 bridgehead atoms. The maximum atomic E-state index is 6.10. The minimum Gasteiger partial charge on any atom is -0.383 e. The first-order chi connectivity index (χ1) is 9.88. The van der Waals surface area contributed by atoms with Gasteiger partial charge in [0.2, 0.25) is 0 Å². The Bertz CT molecular complexity index is 624. The van der Waals surface area contributed by atoms with Crippen molar-refractivity contribution in [2.45, 2.75) is 40.3 Å². The first-order valence-electron chi connectivity index (χ1n) is 7.20. The van der Waals surface area contributed by atoms with Gasteiger partial charge in [-0.15, -0.1) is 11.3 Å². The molecule has 0 spiro atoms. The smallest absolute Gasteiger partial charge is 0.146 e. The minimum atomic E-state index is 0.263. The number of anilines is 1. The molecule has 2 aromatic heterocycles. The molecule has 5 nitrogen and oxygen atoms in total. The monoisotopic (exact) mass is 308 g/mol. The summed E-state index contributed by atoms with van der Waals surface area (Å²) in [5.74, 6) is 1.36. The number of nitrogens with zero attached hydrogens (tertiary/aromatic N) is 3. The van der Waals surface area contributed by atoms with Crippen molar-refractivity contribution in [1.82, 2.24) is 14.9 Å². The summed E-state index contributed by atoms with van der Waals surface area (Å²) < 4.78 is 5.56. The molecule has 2 rings (SSSR count). The topological polar surface area (TPSA) is 64.3 Å². The zero-order chi connectivity index (χ0) is 15.6. The van der Waals surface area contributed by atoms with E-state index in [0.717, 1.165) is 22.6 Å². The van der Waals surface area contributed by atoms with Gasteiger partial charge in [0.1, 0.15) is 16.5 Å². The molecule has 0 saturated heterocycles. The van der Waals surface area contributed by atoms with E-state index < -0.39 is 0 Å².